The molecule has 26 heavy (non-hydrogen) atoms. The lowest BCUT2D eigenvalue weighted by Crippen LogP contribution is -2.42. The van der Waals surface area contributed by atoms with Gasteiger partial charge in [0.1, 0.15) is 0 Å². The van der Waals surface area contributed by atoms with Gasteiger partial charge in [-0.15, -0.1) is 5.10 Å². The lowest BCUT2D eigenvalue weighted by atomic mass is 10.2. The Morgan fingerprint density at radius 2 is 1.88 bits per heavy atom. The number of carbonyl (C=O) groups excluding carboxylic acids is 2. The molecule has 2 aromatic rings. The molecule has 1 saturated heterocycles. The monoisotopic (exact) mass is 365 g/mol. The van der Waals surface area contributed by atoms with Gasteiger partial charge in [0, 0.05) is 19.6 Å². The second kappa shape index (κ2) is 7.56. The predicted octanol–water partition coefficient (Wildman–Crippen LogP) is 0.616. The number of halogens is 2. The number of nitrogens with zero attached hydrogens (tertiary/aromatic N) is 4. The highest BCUT2D eigenvalue weighted by atomic mass is 19.3. The van der Waals surface area contributed by atoms with Gasteiger partial charge in [0.25, 0.3) is 5.91 Å². The molecule has 0 bridgehead atoms. The van der Waals surface area contributed by atoms with Crippen molar-refractivity contribution < 1.29 is 23.1 Å². The van der Waals surface area contributed by atoms with Crippen molar-refractivity contribution in [2.45, 2.75) is 12.6 Å². The van der Waals surface area contributed by atoms with Crippen molar-refractivity contribution in [3.05, 3.63) is 47.8 Å². The fraction of sp³-hybridized carbons (Fsp3) is 0.375. The molecule has 0 radical (unpaired) electrons. The molecule has 2 amide bonds. The Morgan fingerprint density at radius 1 is 1.19 bits per heavy atom. The van der Waals surface area contributed by atoms with Gasteiger partial charge in [0.05, 0.1) is 19.4 Å². The summed E-state index contributed by atoms with van der Waals surface area (Å²) < 4.78 is 33.8. The summed E-state index contributed by atoms with van der Waals surface area (Å²) in [5.74, 6) is -2.06. The van der Waals surface area contributed by atoms with Gasteiger partial charge in [0.2, 0.25) is 0 Å². The number of alkyl halides is 2. The maximum absolute atomic E-state index is 14.3. The highest BCUT2D eigenvalue weighted by Crippen LogP contribution is 2.20. The summed E-state index contributed by atoms with van der Waals surface area (Å²) in [6.45, 7) is 1.39. The molecule has 1 N–H and O–H groups in total. The molecule has 1 aliphatic heterocycles. The first-order valence-electron chi connectivity index (χ1n) is 7.98. The molecule has 1 fully saturated rings. The molecule has 0 unspecified atom stereocenters. The van der Waals surface area contributed by atoms with Crippen LogP contribution in [0.3, 0.4) is 0 Å². The summed E-state index contributed by atoms with van der Waals surface area (Å²) in [7, 11) is 0. The Bertz CT molecular complexity index is 775. The van der Waals surface area contributed by atoms with Crippen LogP contribution in [0.15, 0.2) is 36.5 Å². The van der Waals surface area contributed by atoms with Gasteiger partial charge < -0.3 is 15.0 Å². The van der Waals surface area contributed by atoms with E-state index in [0.717, 1.165) is 6.20 Å². The summed E-state index contributed by atoms with van der Waals surface area (Å²) in [4.78, 5) is 25.5. The summed E-state index contributed by atoms with van der Waals surface area (Å²) >= 11 is 0. The third kappa shape index (κ3) is 3.85. The number of nitrogens with one attached hydrogen (secondary N) is 1. The summed E-state index contributed by atoms with van der Waals surface area (Å²) in [5.41, 5.74) is 0.431. The van der Waals surface area contributed by atoms with Crippen molar-refractivity contribution in [3.8, 4) is 0 Å². The number of amides is 2. The molecular formula is C16H17F2N5O3. The van der Waals surface area contributed by atoms with Crippen LogP contribution in [0.2, 0.25) is 0 Å². The quantitative estimate of drug-likeness (QED) is 0.839. The van der Waals surface area contributed by atoms with Crippen LogP contribution < -0.4 is 5.32 Å². The van der Waals surface area contributed by atoms with E-state index in [9.17, 15) is 18.4 Å². The number of hydrogen-bond acceptors (Lipinski definition) is 5. The number of benzene rings is 1. The van der Waals surface area contributed by atoms with Gasteiger partial charge in [-0.25, -0.2) is 0 Å². The minimum Gasteiger partial charge on any atom is -0.378 e. The Balaban J connectivity index is 1.66. The molecule has 10 heteroatoms. The number of morpholine rings is 1. The lowest BCUT2D eigenvalue weighted by Gasteiger charge is -2.25. The molecule has 1 aliphatic rings. The highest BCUT2D eigenvalue weighted by molar-refractivity contribution is 5.92. The standard InChI is InChI=1S/C16H17F2N5O3/c17-16(18,15(25)19-10-12-4-2-1-3-5-12)23-11-13(20-21-23)14(24)22-6-8-26-9-7-22/h1-5,11H,6-10H2,(H,19,25). The highest BCUT2D eigenvalue weighted by Gasteiger charge is 2.43. The summed E-state index contributed by atoms with van der Waals surface area (Å²) in [5, 5.41) is 8.89. The average Bonchev–Trinajstić information content (AvgIpc) is 3.18. The Morgan fingerprint density at radius 3 is 2.58 bits per heavy atom. The van der Waals surface area contributed by atoms with Crippen molar-refractivity contribution >= 4 is 11.8 Å². The van der Waals surface area contributed by atoms with Gasteiger partial charge in [-0.1, -0.05) is 35.5 Å². The van der Waals surface area contributed by atoms with Crippen molar-refractivity contribution in [2.75, 3.05) is 26.3 Å². The van der Waals surface area contributed by atoms with Gasteiger partial charge in [0.15, 0.2) is 5.69 Å². The molecule has 3 rings (SSSR count). The first-order chi connectivity index (χ1) is 12.5. The second-order valence-corrected chi connectivity index (χ2v) is 5.66. The number of ether oxygens (including phenoxy) is 1. The molecular weight excluding hydrogens is 348 g/mol. The zero-order valence-electron chi connectivity index (χ0n) is 13.8. The maximum Gasteiger partial charge on any atom is 0.423 e. The van der Waals surface area contributed by atoms with Crippen LogP contribution in [0.5, 0.6) is 0 Å². The van der Waals surface area contributed by atoms with E-state index in [1.165, 1.54) is 4.90 Å². The van der Waals surface area contributed by atoms with Crippen molar-refractivity contribution in [1.29, 1.82) is 0 Å². The summed E-state index contributed by atoms with van der Waals surface area (Å²) in [6.07, 6.45) is 0.778. The van der Waals surface area contributed by atoms with E-state index < -0.39 is 17.9 Å². The zero-order valence-corrected chi connectivity index (χ0v) is 13.8. The third-order valence-electron chi connectivity index (χ3n) is 3.87. The average molecular weight is 365 g/mol. The Labute approximate surface area is 147 Å². The minimum absolute atomic E-state index is 0.0521. The van der Waals surface area contributed by atoms with E-state index in [0.29, 0.717) is 31.9 Å². The molecule has 1 aromatic heterocycles. The molecule has 0 aliphatic carbocycles. The SMILES string of the molecule is O=C(c1cn(C(F)(F)C(=O)NCc2ccccc2)nn1)N1CCOCC1. The fourth-order valence-electron chi connectivity index (χ4n) is 2.42. The number of rotatable bonds is 5. The summed E-state index contributed by atoms with van der Waals surface area (Å²) in [6, 6.07) is 4.69. The van der Waals surface area contributed by atoms with Crippen molar-refractivity contribution in [1.82, 2.24) is 25.2 Å². The van der Waals surface area contributed by atoms with E-state index in [4.69, 9.17) is 4.74 Å². The van der Waals surface area contributed by atoms with E-state index >= 15 is 0 Å². The molecule has 8 nitrogen and oxygen atoms in total. The Hall–Kier alpha value is -2.88. The van der Waals surface area contributed by atoms with E-state index in [-0.39, 0.29) is 16.9 Å². The van der Waals surface area contributed by atoms with Crippen LogP contribution in [-0.2, 0) is 22.1 Å². The number of hydrogen-bond donors (Lipinski definition) is 1. The third-order valence-corrected chi connectivity index (χ3v) is 3.87. The van der Waals surface area contributed by atoms with Gasteiger partial charge in [-0.05, 0) is 5.56 Å². The number of carbonyl (C=O) groups is 2. The van der Waals surface area contributed by atoms with Gasteiger partial charge >= 0.3 is 12.0 Å². The molecule has 0 spiro atoms. The number of aromatic nitrogens is 3. The smallest absolute Gasteiger partial charge is 0.378 e. The van der Waals surface area contributed by atoms with Crippen molar-refractivity contribution in [3.63, 3.8) is 0 Å². The second-order valence-electron chi connectivity index (χ2n) is 5.66. The van der Waals surface area contributed by atoms with Gasteiger partial charge in [-0.2, -0.15) is 13.5 Å². The predicted molar refractivity (Wildman–Crippen MR) is 85.2 cm³/mol. The fourth-order valence-corrected chi connectivity index (χ4v) is 2.42. The zero-order chi connectivity index (χ0) is 18.6. The van der Waals surface area contributed by atoms with E-state index in [1.807, 2.05) is 0 Å². The van der Waals surface area contributed by atoms with Crippen molar-refractivity contribution in [2.24, 2.45) is 0 Å². The van der Waals surface area contributed by atoms with Crippen LogP contribution in [-0.4, -0.2) is 58.0 Å². The van der Waals surface area contributed by atoms with Crippen LogP contribution in [0, 0.1) is 0 Å². The maximum atomic E-state index is 14.3. The van der Waals surface area contributed by atoms with Crippen LogP contribution >= 0.6 is 0 Å². The molecule has 0 atom stereocenters. The Kier molecular flexibility index (Phi) is 5.21. The van der Waals surface area contributed by atoms with E-state index in [2.05, 4.69) is 15.6 Å². The minimum atomic E-state index is -3.97. The normalized spacial score (nSPS) is 14.9. The topological polar surface area (TPSA) is 89.3 Å². The molecule has 0 saturated carbocycles. The molecule has 1 aromatic carbocycles. The first kappa shape index (κ1) is 17.9. The first-order valence-corrected chi connectivity index (χ1v) is 7.98. The van der Waals surface area contributed by atoms with Crippen LogP contribution in [0.1, 0.15) is 16.1 Å². The lowest BCUT2D eigenvalue weighted by molar-refractivity contribution is -0.164. The molecule has 2 heterocycles. The van der Waals surface area contributed by atoms with E-state index in [1.54, 1.807) is 30.3 Å². The molecule has 138 valence electrons. The van der Waals surface area contributed by atoms with Crippen LogP contribution in [0.4, 0.5) is 8.78 Å². The van der Waals surface area contributed by atoms with Crippen LogP contribution in [0.25, 0.3) is 0 Å². The largest absolute Gasteiger partial charge is 0.423 e. The van der Waals surface area contributed by atoms with Gasteiger partial charge in [-0.3, -0.25) is 9.59 Å².